The van der Waals surface area contributed by atoms with Crippen LogP contribution in [0.1, 0.15) is 75.9 Å². The van der Waals surface area contributed by atoms with Crippen LogP contribution >= 0.6 is 0 Å². The lowest BCUT2D eigenvalue weighted by Crippen LogP contribution is -2.28. The van der Waals surface area contributed by atoms with Gasteiger partial charge < -0.3 is 10.0 Å². The van der Waals surface area contributed by atoms with Gasteiger partial charge in [-0.3, -0.25) is 0 Å². The van der Waals surface area contributed by atoms with Crippen molar-refractivity contribution >= 4 is 23.1 Å². The third-order valence-corrected chi connectivity index (χ3v) is 7.72. The number of hydrogen-bond donors (Lipinski definition) is 1. The maximum atomic E-state index is 11.6. The van der Waals surface area contributed by atoms with Crippen molar-refractivity contribution in [1.82, 2.24) is 0 Å². The molecule has 2 aromatic carbocycles. The average molecular weight is 484 g/mol. The van der Waals surface area contributed by atoms with Gasteiger partial charge in [0.25, 0.3) is 0 Å². The first kappa shape index (κ1) is 25.7. The molecule has 0 bridgehead atoms. The van der Waals surface area contributed by atoms with E-state index in [0.29, 0.717) is 5.56 Å². The Morgan fingerprint density at radius 1 is 0.972 bits per heavy atom. The normalized spacial score (nSPS) is 19.1. The zero-order valence-corrected chi connectivity index (χ0v) is 22.5. The summed E-state index contributed by atoms with van der Waals surface area (Å²) in [6, 6.07) is 14.2. The molecule has 2 aromatic rings. The lowest BCUT2D eigenvalue weighted by molar-refractivity contribution is -0.438. The number of benzene rings is 2. The van der Waals surface area contributed by atoms with Crippen LogP contribution in [0.25, 0.3) is 0 Å². The topological polar surface area (TPSA) is 43.5 Å². The predicted molar refractivity (Wildman–Crippen MR) is 150 cm³/mol. The highest BCUT2D eigenvalue weighted by Gasteiger charge is 2.44. The molecule has 36 heavy (non-hydrogen) atoms. The Bertz CT molecular complexity index is 1290. The minimum atomic E-state index is -0.883. The number of carboxylic acids is 1. The quantitative estimate of drug-likeness (QED) is 0.315. The van der Waals surface area contributed by atoms with E-state index < -0.39 is 5.97 Å². The number of carbonyl (C=O) groups is 1. The molecule has 0 unspecified atom stereocenters. The minimum absolute atomic E-state index is 0.0384. The number of nitrogens with zero attached hydrogens (tertiary/aromatic N) is 2. The molecule has 0 spiro atoms. The van der Waals surface area contributed by atoms with Crippen molar-refractivity contribution in [3.63, 3.8) is 0 Å². The number of rotatable bonds is 8. The van der Waals surface area contributed by atoms with Gasteiger partial charge in [-0.05, 0) is 50.6 Å². The van der Waals surface area contributed by atoms with Gasteiger partial charge in [-0.25, -0.2) is 4.79 Å². The fourth-order valence-electron chi connectivity index (χ4n) is 5.70. The summed E-state index contributed by atoms with van der Waals surface area (Å²) in [7, 11) is 0. The van der Waals surface area contributed by atoms with E-state index in [2.05, 4.69) is 106 Å². The molecule has 4 rings (SSSR count). The first-order valence-electron chi connectivity index (χ1n) is 13.1. The molecule has 0 amide bonds. The molecule has 188 valence electrons. The van der Waals surface area contributed by atoms with Gasteiger partial charge in [0, 0.05) is 47.5 Å². The number of unbranched alkanes of at least 4 members (excludes halogenated alkanes) is 1. The van der Waals surface area contributed by atoms with Gasteiger partial charge in [0.15, 0.2) is 5.71 Å². The maximum Gasteiger partial charge on any atom is 0.335 e. The first-order chi connectivity index (χ1) is 17.1. The molecule has 2 aliphatic rings. The smallest absolute Gasteiger partial charge is 0.335 e. The zero-order chi connectivity index (χ0) is 26.1. The van der Waals surface area contributed by atoms with Crippen molar-refractivity contribution < 1.29 is 14.5 Å². The predicted octanol–water partition coefficient (Wildman–Crippen LogP) is 7.38. The molecule has 4 nitrogen and oxygen atoms in total. The van der Waals surface area contributed by atoms with Gasteiger partial charge in [-0.15, -0.1) is 0 Å². The summed E-state index contributed by atoms with van der Waals surface area (Å²) in [5.41, 5.74) is 7.41. The van der Waals surface area contributed by atoms with Crippen molar-refractivity contribution in [3.05, 3.63) is 95.2 Å². The number of carboxylic acid groups (broad SMARTS) is 1. The van der Waals surface area contributed by atoms with Crippen molar-refractivity contribution in [1.29, 1.82) is 0 Å². The molecular formula is C32H39N2O2+. The molecule has 0 saturated heterocycles. The second kappa shape index (κ2) is 9.93. The minimum Gasteiger partial charge on any atom is -0.478 e. The zero-order valence-electron chi connectivity index (χ0n) is 22.5. The van der Waals surface area contributed by atoms with Crippen molar-refractivity contribution in [2.45, 2.75) is 65.2 Å². The lowest BCUT2D eigenvalue weighted by atomic mass is 9.81. The SMILES string of the molecule is CCCC[N+]1=C(C=CC=CC=C2N(CC)c3ccccc3C2(C)C)C(C)(C)c2cc(C(=O)O)ccc21. The molecular weight excluding hydrogens is 444 g/mol. The molecule has 0 radical (unpaired) electrons. The Hall–Kier alpha value is -3.40. The Labute approximate surface area is 216 Å². The van der Waals surface area contributed by atoms with Crippen LogP contribution in [0.15, 0.2) is 78.5 Å². The van der Waals surface area contributed by atoms with Crippen LogP contribution in [0.2, 0.25) is 0 Å². The van der Waals surface area contributed by atoms with Crippen LogP contribution < -0.4 is 4.90 Å². The number of para-hydroxylation sites is 1. The Balaban J connectivity index is 1.64. The van der Waals surface area contributed by atoms with Gasteiger partial charge in [-0.2, -0.15) is 4.58 Å². The highest BCUT2D eigenvalue weighted by Crippen LogP contribution is 2.47. The fourth-order valence-corrected chi connectivity index (χ4v) is 5.70. The van der Waals surface area contributed by atoms with Gasteiger partial charge in [0.05, 0.1) is 11.0 Å². The van der Waals surface area contributed by atoms with Crippen LogP contribution in [0.3, 0.4) is 0 Å². The molecule has 0 atom stereocenters. The summed E-state index contributed by atoms with van der Waals surface area (Å²) in [5, 5.41) is 9.53. The number of fused-ring (bicyclic) bond motifs is 2. The summed E-state index contributed by atoms with van der Waals surface area (Å²) in [6.07, 6.45) is 13.0. The van der Waals surface area contributed by atoms with E-state index >= 15 is 0 Å². The second-order valence-corrected chi connectivity index (χ2v) is 10.7. The van der Waals surface area contributed by atoms with E-state index in [9.17, 15) is 9.90 Å². The number of allylic oxidation sites excluding steroid dienone is 6. The number of aromatic carboxylic acids is 1. The van der Waals surface area contributed by atoms with Gasteiger partial charge >= 0.3 is 5.97 Å². The summed E-state index contributed by atoms with van der Waals surface area (Å²) in [5.74, 6) is -0.883. The molecule has 4 heteroatoms. The standard InChI is InChI=1S/C32H38N2O2/c1-7-9-21-34-27-20-19-23(30(35)36)22-25(27)32(5,6)29(34)18-12-10-11-17-28-31(3,4)24-15-13-14-16-26(24)33(28)8-2/h10-20,22H,7-9,21H2,1-6H3/p+1. The highest BCUT2D eigenvalue weighted by molar-refractivity contribution is 6.03. The fraction of sp³-hybridized carbons (Fsp3) is 0.375. The van der Waals surface area contributed by atoms with Crippen LogP contribution in [-0.4, -0.2) is 34.5 Å². The monoisotopic (exact) mass is 483 g/mol. The molecule has 0 aromatic heterocycles. The van der Waals surface area contributed by atoms with Crippen LogP contribution in [-0.2, 0) is 10.8 Å². The van der Waals surface area contributed by atoms with Gasteiger partial charge in [-0.1, -0.05) is 63.6 Å². The van der Waals surface area contributed by atoms with E-state index in [-0.39, 0.29) is 10.8 Å². The third kappa shape index (κ3) is 4.34. The lowest BCUT2D eigenvalue weighted by Gasteiger charge is -2.25. The van der Waals surface area contributed by atoms with E-state index in [0.717, 1.165) is 37.2 Å². The molecule has 0 saturated carbocycles. The number of anilines is 1. The second-order valence-electron chi connectivity index (χ2n) is 10.7. The molecule has 2 aliphatic heterocycles. The van der Waals surface area contributed by atoms with Gasteiger partial charge in [0.1, 0.15) is 6.54 Å². The van der Waals surface area contributed by atoms with E-state index in [1.807, 2.05) is 12.1 Å². The largest absolute Gasteiger partial charge is 0.478 e. The summed E-state index contributed by atoms with van der Waals surface area (Å²) in [6.45, 7) is 15.2. The first-order valence-corrected chi connectivity index (χ1v) is 13.1. The average Bonchev–Trinajstić information content (AvgIpc) is 3.20. The van der Waals surface area contributed by atoms with Crippen molar-refractivity contribution in [2.75, 3.05) is 18.0 Å². The summed E-state index contributed by atoms with van der Waals surface area (Å²) >= 11 is 0. The molecule has 1 N–H and O–H groups in total. The van der Waals surface area contributed by atoms with E-state index in [4.69, 9.17) is 0 Å². The maximum absolute atomic E-state index is 11.6. The van der Waals surface area contributed by atoms with Crippen LogP contribution in [0.5, 0.6) is 0 Å². The number of hydrogen-bond acceptors (Lipinski definition) is 2. The van der Waals surface area contributed by atoms with Crippen LogP contribution in [0, 0.1) is 0 Å². The van der Waals surface area contributed by atoms with Gasteiger partial charge in [0.2, 0.25) is 5.69 Å². The Kier molecular flexibility index (Phi) is 7.08. The van der Waals surface area contributed by atoms with Crippen LogP contribution in [0.4, 0.5) is 11.4 Å². The van der Waals surface area contributed by atoms with E-state index in [1.165, 1.54) is 22.7 Å². The third-order valence-electron chi connectivity index (χ3n) is 7.72. The summed E-state index contributed by atoms with van der Waals surface area (Å²) in [4.78, 5) is 14.0. The van der Waals surface area contributed by atoms with E-state index in [1.54, 1.807) is 6.07 Å². The highest BCUT2D eigenvalue weighted by atomic mass is 16.4. The molecule has 2 heterocycles. The molecule has 0 fully saturated rings. The van der Waals surface area contributed by atoms with Crippen molar-refractivity contribution in [2.24, 2.45) is 0 Å². The summed E-state index contributed by atoms with van der Waals surface area (Å²) < 4.78 is 2.36. The van der Waals surface area contributed by atoms with Crippen molar-refractivity contribution in [3.8, 4) is 0 Å². The Morgan fingerprint density at radius 2 is 1.72 bits per heavy atom. The number of likely N-dealkylation sites (N-methyl/N-ethyl adjacent to an activating group) is 1. The molecule has 0 aliphatic carbocycles. The Morgan fingerprint density at radius 3 is 2.42 bits per heavy atom.